The molecule has 0 saturated carbocycles. The van der Waals surface area contributed by atoms with Gasteiger partial charge in [0.05, 0.1) is 25.0 Å². The minimum Gasteiger partial charge on any atom is -0.463 e. The number of carbonyl (C=O) groups is 2. The van der Waals surface area contributed by atoms with Crippen molar-refractivity contribution < 1.29 is 37.6 Å². The number of esters is 2. The summed E-state index contributed by atoms with van der Waals surface area (Å²) in [6.07, 6.45) is 0. The van der Waals surface area contributed by atoms with Crippen LogP contribution in [0.2, 0.25) is 0 Å². The molecule has 0 bridgehead atoms. The lowest BCUT2D eigenvalue weighted by molar-refractivity contribution is -0.148. The molecule has 0 saturated heterocycles. The van der Waals surface area contributed by atoms with Crippen LogP contribution in [0.15, 0.2) is 0 Å². The fourth-order valence-electron chi connectivity index (χ4n) is 0.960. The van der Waals surface area contributed by atoms with Crippen LogP contribution in [-0.4, -0.2) is 43.3 Å². The topological polar surface area (TPSA) is 108 Å². The second-order valence-corrected chi connectivity index (χ2v) is 6.23. The van der Waals surface area contributed by atoms with Gasteiger partial charge in [0.1, 0.15) is 13.2 Å². The van der Waals surface area contributed by atoms with E-state index in [2.05, 4.69) is 9.05 Å². The molecule has 1 N–H and O–H groups in total. The zero-order chi connectivity index (χ0) is 16.5. The van der Waals surface area contributed by atoms with Gasteiger partial charge in [-0.25, -0.2) is 4.57 Å². The predicted molar refractivity (Wildman–Crippen MR) is 73.3 cm³/mol. The third kappa shape index (κ3) is 10.4. The largest absolute Gasteiger partial charge is 0.472 e. The van der Waals surface area contributed by atoms with E-state index in [9.17, 15) is 19.0 Å². The average Bonchev–Trinajstić information content (AvgIpc) is 2.38. The number of rotatable bonds is 10. The standard InChI is InChI=1S/C12H23O8P/c1-9(2)11(13)17-5-7-19-21(15,16)20-8-6-18-12(14)10(3)4/h9-10H,5-8H2,1-4H3,(H,15,16). The van der Waals surface area contributed by atoms with Crippen molar-refractivity contribution >= 4 is 19.8 Å². The number of carbonyl (C=O) groups excluding carboxylic acids is 2. The summed E-state index contributed by atoms with van der Waals surface area (Å²) in [4.78, 5) is 31.5. The van der Waals surface area contributed by atoms with Gasteiger partial charge in [0, 0.05) is 0 Å². The highest BCUT2D eigenvalue weighted by Crippen LogP contribution is 2.42. The van der Waals surface area contributed by atoms with E-state index < -0.39 is 19.8 Å². The van der Waals surface area contributed by atoms with Crippen molar-refractivity contribution in [1.82, 2.24) is 0 Å². The normalized spacial score (nSPS) is 11.8. The molecule has 0 amide bonds. The van der Waals surface area contributed by atoms with Gasteiger partial charge in [0.15, 0.2) is 0 Å². The molecule has 0 aromatic carbocycles. The summed E-state index contributed by atoms with van der Waals surface area (Å²) in [5, 5.41) is 0. The number of ether oxygens (including phenoxy) is 2. The maximum Gasteiger partial charge on any atom is 0.472 e. The van der Waals surface area contributed by atoms with Gasteiger partial charge in [-0.1, -0.05) is 27.7 Å². The molecule has 21 heavy (non-hydrogen) atoms. The molecule has 8 nitrogen and oxygen atoms in total. The number of hydrogen-bond donors (Lipinski definition) is 1. The smallest absolute Gasteiger partial charge is 0.463 e. The Morgan fingerprint density at radius 2 is 1.19 bits per heavy atom. The van der Waals surface area contributed by atoms with Gasteiger partial charge < -0.3 is 14.4 Å². The lowest BCUT2D eigenvalue weighted by Crippen LogP contribution is -2.16. The molecule has 0 spiro atoms. The van der Waals surface area contributed by atoms with Gasteiger partial charge in [0.25, 0.3) is 0 Å². The van der Waals surface area contributed by atoms with Crippen molar-refractivity contribution in [3.8, 4) is 0 Å². The van der Waals surface area contributed by atoms with Crippen molar-refractivity contribution in [1.29, 1.82) is 0 Å². The molecule has 0 aliphatic rings. The molecule has 0 aromatic heterocycles. The molecule has 0 rings (SSSR count). The summed E-state index contributed by atoms with van der Waals surface area (Å²) in [6.45, 7) is 5.85. The van der Waals surface area contributed by atoms with E-state index in [4.69, 9.17) is 9.47 Å². The van der Waals surface area contributed by atoms with Crippen molar-refractivity contribution in [2.45, 2.75) is 27.7 Å². The highest BCUT2D eigenvalue weighted by atomic mass is 31.2. The first-order valence-electron chi connectivity index (χ1n) is 6.61. The van der Waals surface area contributed by atoms with Crippen molar-refractivity contribution in [2.75, 3.05) is 26.4 Å². The van der Waals surface area contributed by atoms with Gasteiger partial charge >= 0.3 is 19.8 Å². The first kappa shape index (κ1) is 20.1. The number of phosphoric ester groups is 1. The first-order chi connectivity index (χ1) is 9.65. The summed E-state index contributed by atoms with van der Waals surface area (Å²) in [5.41, 5.74) is 0. The van der Waals surface area contributed by atoms with Crippen LogP contribution in [0.1, 0.15) is 27.7 Å². The maximum atomic E-state index is 11.4. The molecule has 0 aliphatic carbocycles. The van der Waals surface area contributed by atoms with Crippen molar-refractivity contribution in [3.05, 3.63) is 0 Å². The maximum absolute atomic E-state index is 11.4. The second kappa shape index (κ2) is 9.89. The third-order valence-electron chi connectivity index (χ3n) is 2.11. The monoisotopic (exact) mass is 326 g/mol. The average molecular weight is 326 g/mol. The van der Waals surface area contributed by atoms with Crippen LogP contribution in [0.5, 0.6) is 0 Å². The zero-order valence-electron chi connectivity index (χ0n) is 12.7. The molecule has 124 valence electrons. The quantitative estimate of drug-likeness (QED) is 0.366. The van der Waals surface area contributed by atoms with E-state index in [1.165, 1.54) is 0 Å². The zero-order valence-corrected chi connectivity index (χ0v) is 13.6. The Morgan fingerprint density at radius 1 is 0.857 bits per heavy atom. The molecular weight excluding hydrogens is 303 g/mol. The fraction of sp³-hybridized carbons (Fsp3) is 0.833. The molecule has 0 aromatic rings. The van der Waals surface area contributed by atoms with Crippen LogP contribution >= 0.6 is 7.82 Å². The molecule has 0 heterocycles. The molecule has 0 radical (unpaired) electrons. The Hall–Kier alpha value is -0.950. The van der Waals surface area contributed by atoms with Gasteiger partial charge in [-0.2, -0.15) is 0 Å². The third-order valence-corrected chi connectivity index (χ3v) is 3.12. The molecule has 0 atom stereocenters. The predicted octanol–water partition coefficient (Wildman–Crippen LogP) is 1.52. The number of hydrogen-bond acceptors (Lipinski definition) is 7. The summed E-state index contributed by atoms with van der Waals surface area (Å²) in [6, 6.07) is 0. The Kier molecular flexibility index (Phi) is 9.44. The van der Waals surface area contributed by atoms with Crippen LogP contribution in [0.3, 0.4) is 0 Å². The Morgan fingerprint density at radius 3 is 1.48 bits per heavy atom. The second-order valence-electron chi connectivity index (χ2n) is 4.78. The SMILES string of the molecule is CC(C)C(=O)OCCOP(=O)(O)OCCOC(=O)C(C)C. The molecule has 0 fully saturated rings. The summed E-state index contributed by atoms with van der Waals surface area (Å²) >= 11 is 0. The lowest BCUT2D eigenvalue weighted by atomic mass is 10.2. The van der Waals surface area contributed by atoms with E-state index in [0.29, 0.717) is 0 Å². The van der Waals surface area contributed by atoms with Crippen molar-refractivity contribution in [2.24, 2.45) is 11.8 Å². The van der Waals surface area contributed by atoms with E-state index in [-0.39, 0.29) is 38.3 Å². The Balaban J connectivity index is 3.77. The highest BCUT2D eigenvalue weighted by molar-refractivity contribution is 7.47. The fourth-order valence-corrected chi connectivity index (χ4v) is 1.65. The molecule has 0 unspecified atom stereocenters. The van der Waals surface area contributed by atoms with Gasteiger partial charge in [-0.15, -0.1) is 0 Å². The lowest BCUT2D eigenvalue weighted by Gasteiger charge is -2.13. The van der Waals surface area contributed by atoms with Gasteiger partial charge in [-0.3, -0.25) is 18.6 Å². The molecular formula is C12H23O8P. The molecule has 0 aliphatic heterocycles. The minimum atomic E-state index is -4.24. The van der Waals surface area contributed by atoms with E-state index in [0.717, 1.165) is 0 Å². The van der Waals surface area contributed by atoms with E-state index >= 15 is 0 Å². The van der Waals surface area contributed by atoms with Crippen LogP contribution < -0.4 is 0 Å². The number of phosphoric acid groups is 1. The minimum absolute atomic E-state index is 0.146. The highest BCUT2D eigenvalue weighted by Gasteiger charge is 2.21. The van der Waals surface area contributed by atoms with Crippen molar-refractivity contribution in [3.63, 3.8) is 0 Å². The van der Waals surface area contributed by atoms with Gasteiger partial charge in [0.2, 0.25) is 0 Å². The summed E-state index contributed by atoms with van der Waals surface area (Å²) in [5.74, 6) is -1.41. The van der Waals surface area contributed by atoms with E-state index in [1.807, 2.05) is 0 Å². The first-order valence-corrected chi connectivity index (χ1v) is 8.10. The summed E-state index contributed by atoms with van der Waals surface area (Å²) < 4.78 is 30.1. The van der Waals surface area contributed by atoms with Gasteiger partial charge in [-0.05, 0) is 0 Å². The van der Waals surface area contributed by atoms with Crippen LogP contribution in [0.4, 0.5) is 0 Å². The van der Waals surface area contributed by atoms with Crippen LogP contribution in [-0.2, 0) is 32.7 Å². The van der Waals surface area contributed by atoms with Crippen LogP contribution in [0.25, 0.3) is 0 Å². The van der Waals surface area contributed by atoms with Crippen LogP contribution in [0, 0.1) is 11.8 Å². The Labute approximate surface area is 124 Å². The summed E-state index contributed by atoms with van der Waals surface area (Å²) in [7, 11) is -4.24. The van der Waals surface area contributed by atoms with E-state index in [1.54, 1.807) is 27.7 Å². The molecule has 9 heteroatoms. The Bertz CT molecular complexity index is 347.